The molecule has 60 heavy (non-hydrogen) atoms. The van der Waals surface area contributed by atoms with Crippen LogP contribution in [0.15, 0.2) is 114 Å². The summed E-state index contributed by atoms with van der Waals surface area (Å²) in [5.74, 6) is -5.14. The smallest absolute Gasteiger partial charge is 0.338 e. The molecule has 2 fully saturated rings. The van der Waals surface area contributed by atoms with E-state index in [2.05, 4.69) is 5.32 Å². The Morgan fingerprint density at radius 2 is 1.38 bits per heavy atom. The lowest BCUT2D eigenvalue weighted by atomic mass is 9.53. The van der Waals surface area contributed by atoms with Crippen molar-refractivity contribution in [3.05, 3.63) is 130 Å². The fourth-order valence-corrected chi connectivity index (χ4v) is 9.25. The summed E-state index contributed by atoms with van der Waals surface area (Å²) in [6.45, 7) is 7.12. The number of nitrogens with one attached hydrogen (secondary N) is 1. The number of esters is 5. The molecule has 1 saturated heterocycles. The summed E-state index contributed by atoms with van der Waals surface area (Å²) in [5, 5.41) is 14.4. The van der Waals surface area contributed by atoms with E-state index in [0.717, 1.165) is 0 Å². The van der Waals surface area contributed by atoms with E-state index in [0.29, 0.717) is 27.8 Å². The maximum Gasteiger partial charge on any atom is 0.338 e. The van der Waals surface area contributed by atoms with Gasteiger partial charge in [0.1, 0.15) is 18.3 Å². The van der Waals surface area contributed by atoms with E-state index in [-0.39, 0.29) is 25.0 Å². The molecular weight excluding hydrogens is 774 g/mol. The van der Waals surface area contributed by atoms with Gasteiger partial charge in [0.05, 0.1) is 23.6 Å². The highest BCUT2D eigenvalue weighted by atomic mass is 16.6. The summed E-state index contributed by atoms with van der Waals surface area (Å²) < 4.78 is 36.7. The molecule has 2 N–H and O–H groups in total. The molecule has 0 spiro atoms. The topological polar surface area (TPSA) is 190 Å². The van der Waals surface area contributed by atoms with E-state index in [1.54, 1.807) is 105 Å². The lowest BCUT2D eigenvalue weighted by molar-refractivity contribution is -0.326. The summed E-state index contributed by atoms with van der Waals surface area (Å²) in [6, 6.07) is 23.9. The number of carbonyl (C=O) groups excluding carboxylic acids is 6. The fraction of sp³-hybridized carbons (Fsp3) is 0.391. The largest absolute Gasteiger partial charge is 0.462 e. The van der Waals surface area contributed by atoms with Gasteiger partial charge in [0.25, 0.3) is 5.91 Å². The number of aliphatic hydroxyl groups is 1. The van der Waals surface area contributed by atoms with Crippen molar-refractivity contribution in [1.29, 1.82) is 0 Å². The van der Waals surface area contributed by atoms with Crippen molar-refractivity contribution in [2.45, 2.75) is 95.7 Å². The normalized spacial score (nSPS) is 28.7. The van der Waals surface area contributed by atoms with Gasteiger partial charge in [-0.25, -0.2) is 9.59 Å². The third-order valence-corrected chi connectivity index (χ3v) is 12.0. The summed E-state index contributed by atoms with van der Waals surface area (Å²) in [6.07, 6.45) is -5.45. The number of amides is 1. The van der Waals surface area contributed by atoms with E-state index in [1.807, 2.05) is 6.08 Å². The fourth-order valence-electron chi connectivity index (χ4n) is 9.25. The number of aliphatic hydroxyl groups excluding tert-OH is 1. The molecule has 14 heteroatoms. The summed E-state index contributed by atoms with van der Waals surface area (Å²) in [7, 11) is 0. The zero-order valence-corrected chi connectivity index (χ0v) is 33.8. The molecule has 3 aliphatic carbocycles. The van der Waals surface area contributed by atoms with Gasteiger partial charge in [-0.1, -0.05) is 79.7 Å². The lowest BCUT2D eigenvalue weighted by Gasteiger charge is -2.63. The minimum Gasteiger partial charge on any atom is -0.462 e. The number of carbonyl (C=O) groups is 6. The van der Waals surface area contributed by atoms with E-state index in [4.69, 9.17) is 28.4 Å². The maximum absolute atomic E-state index is 14.1. The third kappa shape index (κ3) is 7.84. The van der Waals surface area contributed by atoms with E-state index < -0.39 is 95.4 Å². The van der Waals surface area contributed by atoms with Crippen LogP contribution in [-0.2, 0) is 47.6 Å². The number of rotatable bonds is 11. The Morgan fingerprint density at radius 3 is 1.95 bits per heavy atom. The highest BCUT2D eigenvalue weighted by Gasteiger charge is 2.72. The minimum absolute atomic E-state index is 0.00463. The second-order valence-corrected chi connectivity index (χ2v) is 15.8. The Hall–Kier alpha value is -6.12. The number of fused-ring (bicyclic) bond motifs is 4. The van der Waals surface area contributed by atoms with E-state index in [1.165, 1.54) is 20.8 Å². The molecular formula is C46H47NO13. The number of ether oxygens (including phenoxy) is 6. The first-order chi connectivity index (χ1) is 28.6. The summed E-state index contributed by atoms with van der Waals surface area (Å²) >= 11 is 0. The average Bonchev–Trinajstić information content (AvgIpc) is 3.48. The van der Waals surface area contributed by atoms with Crippen molar-refractivity contribution in [2.24, 2.45) is 11.3 Å². The molecule has 3 aromatic carbocycles. The van der Waals surface area contributed by atoms with E-state index >= 15 is 0 Å². The molecule has 1 heterocycles. The van der Waals surface area contributed by atoms with Crippen LogP contribution in [0.3, 0.4) is 0 Å². The third-order valence-electron chi connectivity index (χ3n) is 12.0. The molecule has 1 saturated carbocycles. The second-order valence-electron chi connectivity index (χ2n) is 15.8. The lowest BCUT2D eigenvalue weighted by Crippen LogP contribution is -2.75. The van der Waals surface area contributed by atoms with Gasteiger partial charge in [0, 0.05) is 50.7 Å². The first kappa shape index (κ1) is 42.0. The van der Waals surface area contributed by atoms with Crippen molar-refractivity contribution >= 4 is 35.8 Å². The Bertz CT molecular complexity index is 2220. The highest BCUT2D eigenvalue weighted by molar-refractivity contribution is 5.95. The molecule has 7 rings (SSSR count). The molecule has 3 aromatic rings. The Morgan fingerprint density at radius 1 is 0.783 bits per heavy atom. The maximum atomic E-state index is 14.1. The summed E-state index contributed by atoms with van der Waals surface area (Å²) in [5.41, 5.74) is -0.431. The molecule has 0 bridgehead atoms. The molecule has 0 unspecified atom stereocenters. The van der Waals surface area contributed by atoms with Crippen LogP contribution in [0.25, 0.3) is 0 Å². The molecule has 1 amide bonds. The molecule has 0 radical (unpaired) electrons. The molecule has 314 valence electrons. The van der Waals surface area contributed by atoms with Gasteiger partial charge in [0.2, 0.25) is 0 Å². The molecule has 14 nitrogen and oxygen atoms in total. The zero-order chi connectivity index (χ0) is 42.9. The molecule has 1 aliphatic heterocycles. The van der Waals surface area contributed by atoms with Crippen molar-refractivity contribution in [3.8, 4) is 0 Å². The summed E-state index contributed by atoms with van der Waals surface area (Å²) in [4.78, 5) is 80.1. The monoisotopic (exact) mass is 821 g/mol. The molecule has 10 atom stereocenters. The molecule has 0 aromatic heterocycles. The van der Waals surface area contributed by atoms with Gasteiger partial charge in [-0.15, -0.1) is 0 Å². The van der Waals surface area contributed by atoms with Crippen molar-refractivity contribution in [2.75, 3.05) is 6.61 Å². The predicted molar refractivity (Wildman–Crippen MR) is 212 cm³/mol. The van der Waals surface area contributed by atoms with Crippen LogP contribution in [0, 0.1) is 11.3 Å². The first-order valence-corrected chi connectivity index (χ1v) is 19.8. The van der Waals surface area contributed by atoms with Crippen molar-refractivity contribution in [1.82, 2.24) is 5.32 Å². The van der Waals surface area contributed by atoms with Gasteiger partial charge < -0.3 is 38.8 Å². The minimum atomic E-state index is -1.87. The average molecular weight is 822 g/mol. The van der Waals surface area contributed by atoms with Crippen LogP contribution < -0.4 is 5.32 Å². The Balaban J connectivity index is 1.31. The van der Waals surface area contributed by atoms with Crippen LogP contribution >= 0.6 is 0 Å². The zero-order valence-electron chi connectivity index (χ0n) is 33.8. The van der Waals surface area contributed by atoms with Gasteiger partial charge in [-0.2, -0.15) is 0 Å². The second kappa shape index (κ2) is 16.9. The number of benzene rings is 3. The predicted octanol–water partition coefficient (Wildman–Crippen LogP) is 4.91. The highest BCUT2D eigenvalue weighted by Crippen LogP contribution is 2.61. The van der Waals surface area contributed by atoms with Crippen LogP contribution in [0.4, 0.5) is 0 Å². The van der Waals surface area contributed by atoms with Crippen LogP contribution in [0.1, 0.15) is 79.8 Å². The SMILES string of the molecule is CC(=O)O[C@H]1C[C@H]2OC[C@@]2(OC(C)=O)[C@H]2C=C3C[C@@H](OC(=O)[C@H](O)[C@@H](NC(=O)c4ccccc4)c4ccccc4)C(C)=C3[C@@H](OC(=O)c3ccccc3)[C@H](OC(C)=O)[C@]12C. The Labute approximate surface area is 346 Å². The van der Waals surface area contributed by atoms with Crippen LogP contribution in [-0.4, -0.2) is 89.7 Å². The molecule has 4 aliphatic rings. The quantitative estimate of drug-likeness (QED) is 0.196. The van der Waals surface area contributed by atoms with Crippen molar-refractivity contribution < 1.29 is 62.3 Å². The van der Waals surface area contributed by atoms with E-state index in [9.17, 15) is 33.9 Å². The number of hydrogen-bond donors (Lipinski definition) is 2. The first-order valence-electron chi connectivity index (χ1n) is 19.8. The van der Waals surface area contributed by atoms with Gasteiger partial charge in [0.15, 0.2) is 23.9 Å². The Kier molecular flexibility index (Phi) is 11.8. The number of hydrogen-bond acceptors (Lipinski definition) is 13. The van der Waals surface area contributed by atoms with Gasteiger partial charge in [-0.05, 0) is 47.9 Å². The van der Waals surface area contributed by atoms with Crippen LogP contribution in [0.5, 0.6) is 0 Å². The van der Waals surface area contributed by atoms with Crippen molar-refractivity contribution in [3.63, 3.8) is 0 Å². The van der Waals surface area contributed by atoms with Gasteiger partial charge in [-0.3, -0.25) is 19.2 Å². The standard InChI is InChI=1S/C46H47NO13/c1-25-33(58-44(54)39(51)38(29-15-9-6-10-16-29)47-42(52)30-17-11-7-12-18-30)21-32-22-34-45(5,35(56-26(2)48)23-36-46(34,24-55-36)60-28(4)50)41(57-27(3)49)40(37(25)32)59-43(53)31-19-13-8-14-20-31/h6-20,22,33-36,38-41,51H,21,23-24H2,1-5H3,(H,47,52)/t33-,34+,35+,36-,38+,39-,40-,41+,45+,46-/m1/s1. The van der Waals surface area contributed by atoms with Crippen LogP contribution in [0.2, 0.25) is 0 Å². The van der Waals surface area contributed by atoms with Gasteiger partial charge >= 0.3 is 29.8 Å².